The van der Waals surface area contributed by atoms with Crippen molar-refractivity contribution in [2.45, 2.75) is 38.6 Å². The number of non-ortho nitro benzene ring substituents is 1. The van der Waals surface area contributed by atoms with E-state index < -0.39 is 52.6 Å². The van der Waals surface area contributed by atoms with E-state index in [-0.39, 0.29) is 12.3 Å². The molecule has 2 fully saturated rings. The van der Waals surface area contributed by atoms with E-state index in [1.165, 1.54) is 36.1 Å². The largest absolute Gasteiger partial charge is 0.459 e. The second kappa shape index (κ2) is 6.49. The average molecular weight is 362 g/mol. The molecule has 0 radical (unpaired) electrons. The number of fused-ring (bicyclic) bond motifs is 1. The zero-order valence-electron chi connectivity index (χ0n) is 14.2. The van der Waals surface area contributed by atoms with Crippen LogP contribution in [0.3, 0.4) is 0 Å². The number of Topliss-reactive ketones (excluding diaryl/α,β-unsaturated/α-hetero) is 1. The van der Waals surface area contributed by atoms with Crippen LogP contribution < -0.4 is 0 Å². The number of carbonyl (C=O) groups is 3. The lowest BCUT2D eigenvalue weighted by atomic mass is 9.79. The highest BCUT2D eigenvalue weighted by atomic mass is 16.6. The first-order valence-corrected chi connectivity index (χ1v) is 8.18. The number of rotatable bonds is 5. The summed E-state index contributed by atoms with van der Waals surface area (Å²) >= 11 is 0. The molecular weight excluding hydrogens is 344 g/mol. The Labute approximate surface area is 148 Å². The minimum absolute atomic E-state index is 0.0851. The van der Waals surface area contributed by atoms with Crippen LogP contribution in [0.1, 0.15) is 19.4 Å². The summed E-state index contributed by atoms with van der Waals surface area (Å²) in [6.45, 7) is 2.95. The maximum atomic E-state index is 12.4. The summed E-state index contributed by atoms with van der Waals surface area (Å²) in [5.74, 6) is -2.90. The number of benzene rings is 1. The Morgan fingerprint density at radius 3 is 2.50 bits per heavy atom. The van der Waals surface area contributed by atoms with E-state index in [2.05, 4.69) is 0 Å². The number of hydrogen-bond acceptors (Lipinski definition) is 7. The number of aliphatic hydroxyl groups excluding tert-OH is 1. The Morgan fingerprint density at radius 1 is 1.35 bits per heavy atom. The van der Waals surface area contributed by atoms with Gasteiger partial charge in [0, 0.05) is 18.1 Å². The lowest BCUT2D eigenvalue weighted by Crippen LogP contribution is -2.65. The Bertz CT molecular complexity index is 774. The van der Waals surface area contributed by atoms with Gasteiger partial charge in [-0.15, -0.1) is 0 Å². The SMILES string of the molecule is C[C@@H]1C(=O)C(C(=O)OCc2ccc([N+](=O)[O-])cc2)N2C(=O)[C@H]([C@@H](C)O)C12. The molecule has 0 spiro atoms. The molecule has 9 heteroatoms. The molecule has 9 nitrogen and oxygen atoms in total. The third-order valence-electron chi connectivity index (χ3n) is 5.01. The first kappa shape index (κ1) is 18.0. The summed E-state index contributed by atoms with van der Waals surface area (Å²) in [4.78, 5) is 48.2. The molecule has 0 bridgehead atoms. The molecular formula is C17H18N2O7. The number of ether oxygens (including phenoxy) is 1. The molecule has 0 saturated carbocycles. The van der Waals surface area contributed by atoms with E-state index >= 15 is 0 Å². The number of esters is 1. The molecule has 1 amide bonds. The predicted octanol–water partition coefficient (Wildman–Crippen LogP) is 0.433. The Morgan fingerprint density at radius 2 is 1.96 bits per heavy atom. The average Bonchev–Trinajstić information content (AvgIpc) is 2.81. The highest BCUT2D eigenvalue weighted by Gasteiger charge is 2.64. The third-order valence-corrected chi connectivity index (χ3v) is 5.01. The van der Waals surface area contributed by atoms with Crippen LogP contribution in [0.15, 0.2) is 24.3 Å². The van der Waals surface area contributed by atoms with Gasteiger partial charge < -0.3 is 14.7 Å². The summed E-state index contributed by atoms with van der Waals surface area (Å²) in [5, 5.41) is 20.3. The van der Waals surface area contributed by atoms with Crippen molar-refractivity contribution in [3.63, 3.8) is 0 Å². The molecule has 3 rings (SSSR count). The van der Waals surface area contributed by atoms with Gasteiger partial charge in [0.2, 0.25) is 5.91 Å². The lowest BCUT2D eigenvalue weighted by Gasteiger charge is -2.46. The highest BCUT2D eigenvalue weighted by molar-refractivity contribution is 6.12. The topological polar surface area (TPSA) is 127 Å². The molecule has 2 aliphatic heterocycles. The first-order chi connectivity index (χ1) is 12.2. The van der Waals surface area contributed by atoms with Gasteiger partial charge in [-0.25, -0.2) is 4.79 Å². The fraction of sp³-hybridized carbons (Fsp3) is 0.471. The van der Waals surface area contributed by atoms with Crippen molar-refractivity contribution < 1.29 is 29.2 Å². The van der Waals surface area contributed by atoms with Crippen molar-refractivity contribution in [2.75, 3.05) is 0 Å². The van der Waals surface area contributed by atoms with Crippen LogP contribution in [0.5, 0.6) is 0 Å². The standard InChI is InChI=1S/C17H18N2O7/c1-8-13-12(9(2)20)16(22)18(13)14(15(8)21)17(23)26-7-10-3-5-11(6-4-10)19(24)25/h3-6,8-9,12-14,20H,7H2,1-2H3/t8-,9+,12+,13?,14?/m0/s1. The number of nitro groups is 1. The van der Waals surface area contributed by atoms with Gasteiger partial charge in [0.25, 0.3) is 5.69 Å². The molecule has 2 saturated heterocycles. The molecule has 2 heterocycles. The van der Waals surface area contributed by atoms with Crippen molar-refractivity contribution in [2.24, 2.45) is 11.8 Å². The van der Waals surface area contributed by atoms with Crippen molar-refractivity contribution in [3.05, 3.63) is 39.9 Å². The highest BCUT2D eigenvalue weighted by Crippen LogP contribution is 2.43. The monoisotopic (exact) mass is 362 g/mol. The van der Waals surface area contributed by atoms with Gasteiger partial charge in [-0.2, -0.15) is 0 Å². The lowest BCUT2D eigenvalue weighted by molar-refractivity contribution is -0.384. The molecule has 26 heavy (non-hydrogen) atoms. The zero-order chi connectivity index (χ0) is 19.2. The van der Waals surface area contributed by atoms with Gasteiger partial charge in [0.05, 0.1) is 23.0 Å². The van der Waals surface area contributed by atoms with Gasteiger partial charge in [-0.05, 0) is 24.6 Å². The van der Waals surface area contributed by atoms with Gasteiger partial charge in [-0.3, -0.25) is 19.7 Å². The number of nitrogens with zero attached hydrogens (tertiary/aromatic N) is 2. The van der Waals surface area contributed by atoms with Crippen LogP contribution >= 0.6 is 0 Å². The third kappa shape index (κ3) is 2.74. The Balaban J connectivity index is 1.67. The summed E-state index contributed by atoms with van der Waals surface area (Å²) in [6, 6.07) is 3.68. The van der Waals surface area contributed by atoms with Crippen molar-refractivity contribution in [1.82, 2.24) is 4.90 Å². The number of amides is 1. The molecule has 138 valence electrons. The summed E-state index contributed by atoms with van der Waals surface area (Å²) in [6.07, 6.45) is -0.895. The van der Waals surface area contributed by atoms with Crippen molar-refractivity contribution in [3.8, 4) is 0 Å². The Hall–Kier alpha value is -2.81. The van der Waals surface area contributed by atoms with Crippen molar-refractivity contribution >= 4 is 23.3 Å². The smallest absolute Gasteiger partial charge is 0.337 e. The quantitative estimate of drug-likeness (QED) is 0.265. The number of β-lactam (4-membered cyclic amide) rings is 1. The number of nitro benzene ring substituents is 1. The first-order valence-electron chi connectivity index (χ1n) is 8.18. The normalized spacial score (nSPS) is 28.3. The van der Waals surface area contributed by atoms with Crippen LogP contribution in [-0.2, 0) is 25.7 Å². The molecule has 0 aliphatic carbocycles. The van der Waals surface area contributed by atoms with Crippen LogP contribution in [-0.4, -0.2) is 50.8 Å². The maximum Gasteiger partial charge on any atom is 0.337 e. The fourth-order valence-corrected chi connectivity index (χ4v) is 3.63. The van der Waals surface area contributed by atoms with Gasteiger partial charge in [-0.1, -0.05) is 6.92 Å². The van der Waals surface area contributed by atoms with Crippen LogP contribution in [0.4, 0.5) is 5.69 Å². The van der Waals surface area contributed by atoms with Crippen LogP contribution in [0.2, 0.25) is 0 Å². The predicted molar refractivity (Wildman–Crippen MR) is 86.7 cm³/mol. The fourth-order valence-electron chi connectivity index (χ4n) is 3.63. The van der Waals surface area contributed by atoms with Gasteiger partial charge in [0.15, 0.2) is 11.8 Å². The number of ketones is 1. The zero-order valence-corrected chi connectivity index (χ0v) is 14.2. The molecule has 5 atom stereocenters. The van der Waals surface area contributed by atoms with Crippen LogP contribution in [0, 0.1) is 22.0 Å². The van der Waals surface area contributed by atoms with E-state index in [0.717, 1.165) is 0 Å². The maximum absolute atomic E-state index is 12.4. The molecule has 1 aromatic rings. The Kier molecular flexibility index (Phi) is 4.49. The molecule has 2 unspecified atom stereocenters. The molecule has 1 N–H and O–H groups in total. The summed E-state index contributed by atoms with van der Waals surface area (Å²) in [7, 11) is 0. The second-order valence-electron chi connectivity index (χ2n) is 6.63. The van der Waals surface area contributed by atoms with E-state index in [9.17, 15) is 29.6 Å². The van der Waals surface area contributed by atoms with E-state index in [0.29, 0.717) is 5.56 Å². The second-order valence-corrected chi connectivity index (χ2v) is 6.63. The number of aliphatic hydroxyl groups is 1. The van der Waals surface area contributed by atoms with E-state index in [4.69, 9.17) is 4.74 Å². The van der Waals surface area contributed by atoms with Crippen LogP contribution in [0.25, 0.3) is 0 Å². The number of carbonyl (C=O) groups excluding carboxylic acids is 3. The van der Waals surface area contributed by atoms with Gasteiger partial charge >= 0.3 is 5.97 Å². The minimum Gasteiger partial charge on any atom is -0.459 e. The molecule has 0 aromatic heterocycles. The number of hydrogen-bond donors (Lipinski definition) is 1. The molecule has 2 aliphatic rings. The minimum atomic E-state index is -1.30. The molecule has 1 aromatic carbocycles. The summed E-state index contributed by atoms with van der Waals surface area (Å²) in [5.41, 5.74) is 0.439. The van der Waals surface area contributed by atoms with E-state index in [1.807, 2.05) is 0 Å². The van der Waals surface area contributed by atoms with Gasteiger partial charge in [0.1, 0.15) is 6.61 Å². The van der Waals surface area contributed by atoms with Crippen molar-refractivity contribution in [1.29, 1.82) is 0 Å². The van der Waals surface area contributed by atoms with E-state index in [1.54, 1.807) is 6.92 Å². The summed E-state index contributed by atoms with van der Waals surface area (Å²) < 4.78 is 5.14.